The molecular formula is C21H20Cl2N2O. The Hall–Kier alpha value is -2.10. The van der Waals surface area contributed by atoms with Crippen LogP contribution in [0, 0.1) is 13.8 Å². The Labute approximate surface area is 163 Å². The van der Waals surface area contributed by atoms with Crippen LogP contribution in [0.25, 0.3) is 5.03 Å². The molecule has 0 atom stereocenters. The smallest absolute Gasteiger partial charge is 0.268 e. The standard InChI is InChI=1S/C21H20Cl2N2O/c1-13-10-16-4-3-5-18(20(23)19(16)11-14(13)2)21(26)25-24-12-15-6-8-17(22)9-7-15/h6-12H,3-5H2,1-2H3,(H,25,26)/b24-12-. The molecule has 1 N–H and O–H groups in total. The van der Waals surface area contributed by atoms with E-state index in [2.05, 4.69) is 36.5 Å². The summed E-state index contributed by atoms with van der Waals surface area (Å²) in [5.41, 5.74) is 8.60. The Kier molecular flexibility index (Phi) is 5.80. The topological polar surface area (TPSA) is 41.5 Å². The molecule has 0 unspecified atom stereocenters. The van der Waals surface area contributed by atoms with Crippen molar-refractivity contribution in [2.24, 2.45) is 5.10 Å². The van der Waals surface area contributed by atoms with Crippen LogP contribution in [0.1, 0.15) is 40.7 Å². The Balaban J connectivity index is 1.81. The molecule has 0 spiro atoms. The number of halogens is 2. The van der Waals surface area contributed by atoms with Crippen molar-refractivity contribution in [1.29, 1.82) is 0 Å². The van der Waals surface area contributed by atoms with Crippen LogP contribution in [-0.4, -0.2) is 12.1 Å². The summed E-state index contributed by atoms with van der Waals surface area (Å²) in [4.78, 5) is 12.6. The van der Waals surface area contributed by atoms with Crippen LogP contribution in [-0.2, 0) is 11.2 Å². The molecule has 2 aromatic carbocycles. The van der Waals surface area contributed by atoms with Gasteiger partial charge in [-0.15, -0.1) is 0 Å². The quantitative estimate of drug-likeness (QED) is 0.557. The van der Waals surface area contributed by atoms with Gasteiger partial charge in [-0.25, -0.2) is 5.43 Å². The lowest BCUT2D eigenvalue weighted by atomic mass is 9.98. The SMILES string of the molecule is Cc1cc2c(cc1C)C(Cl)=C(C(=O)N/N=C\c1ccc(Cl)cc1)CCC2. The van der Waals surface area contributed by atoms with E-state index in [1.165, 1.54) is 16.7 Å². The number of nitrogens with one attached hydrogen (secondary N) is 1. The molecule has 0 fully saturated rings. The zero-order chi connectivity index (χ0) is 18.7. The highest BCUT2D eigenvalue weighted by Gasteiger charge is 2.21. The second kappa shape index (κ2) is 8.07. The van der Waals surface area contributed by atoms with Crippen LogP contribution in [0.15, 0.2) is 47.1 Å². The van der Waals surface area contributed by atoms with Gasteiger partial charge in [0, 0.05) is 10.6 Å². The number of nitrogens with zero attached hydrogens (tertiary/aromatic N) is 1. The van der Waals surface area contributed by atoms with E-state index in [4.69, 9.17) is 23.2 Å². The summed E-state index contributed by atoms with van der Waals surface area (Å²) in [6, 6.07) is 11.5. The van der Waals surface area contributed by atoms with E-state index in [0.717, 1.165) is 24.0 Å². The van der Waals surface area contributed by atoms with Gasteiger partial charge < -0.3 is 0 Å². The summed E-state index contributed by atoms with van der Waals surface area (Å²) in [5.74, 6) is -0.258. The third-order valence-corrected chi connectivity index (χ3v) is 5.30. The maximum Gasteiger partial charge on any atom is 0.268 e. The van der Waals surface area contributed by atoms with Gasteiger partial charge >= 0.3 is 0 Å². The maximum atomic E-state index is 12.6. The molecule has 1 aliphatic rings. The summed E-state index contributed by atoms with van der Waals surface area (Å²) < 4.78 is 0. The minimum Gasteiger partial charge on any atom is -0.268 e. The van der Waals surface area contributed by atoms with Crippen molar-refractivity contribution < 1.29 is 4.79 Å². The van der Waals surface area contributed by atoms with Gasteiger partial charge in [-0.1, -0.05) is 41.4 Å². The lowest BCUT2D eigenvalue weighted by Crippen LogP contribution is -2.20. The van der Waals surface area contributed by atoms with Crippen molar-refractivity contribution >= 4 is 40.4 Å². The lowest BCUT2D eigenvalue weighted by Gasteiger charge is -2.11. The first-order chi connectivity index (χ1) is 12.5. The number of hydrogen-bond acceptors (Lipinski definition) is 2. The molecule has 2 aromatic rings. The first-order valence-corrected chi connectivity index (χ1v) is 9.29. The van der Waals surface area contributed by atoms with E-state index < -0.39 is 0 Å². The van der Waals surface area contributed by atoms with Gasteiger partial charge in [0.2, 0.25) is 0 Å². The molecule has 26 heavy (non-hydrogen) atoms. The summed E-state index contributed by atoms with van der Waals surface area (Å²) in [6.45, 7) is 4.15. The van der Waals surface area contributed by atoms with Gasteiger partial charge in [-0.05, 0) is 79.1 Å². The molecule has 0 saturated carbocycles. The number of carbonyl (C=O) groups is 1. The highest BCUT2D eigenvalue weighted by molar-refractivity contribution is 6.51. The van der Waals surface area contributed by atoms with Crippen LogP contribution in [0.5, 0.6) is 0 Å². The normalized spacial score (nSPS) is 14.3. The molecule has 0 aromatic heterocycles. The molecule has 134 valence electrons. The zero-order valence-corrected chi connectivity index (χ0v) is 16.3. The Morgan fingerprint density at radius 3 is 2.50 bits per heavy atom. The molecule has 0 heterocycles. The van der Waals surface area contributed by atoms with Gasteiger partial charge in [0.1, 0.15) is 0 Å². The van der Waals surface area contributed by atoms with Crippen LogP contribution >= 0.6 is 23.2 Å². The molecule has 0 radical (unpaired) electrons. The molecule has 3 nitrogen and oxygen atoms in total. The Morgan fingerprint density at radius 1 is 1.08 bits per heavy atom. The number of amides is 1. The fourth-order valence-electron chi connectivity index (χ4n) is 3.01. The van der Waals surface area contributed by atoms with Crippen molar-refractivity contribution in [3.8, 4) is 0 Å². The third kappa shape index (κ3) is 4.17. The molecule has 0 aliphatic heterocycles. The number of benzene rings is 2. The van der Waals surface area contributed by atoms with E-state index in [1.807, 2.05) is 12.1 Å². The lowest BCUT2D eigenvalue weighted by molar-refractivity contribution is -0.117. The van der Waals surface area contributed by atoms with Crippen molar-refractivity contribution in [1.82, 2.24) is 5.43 Å². The minimum absolute atomic E-state index is 0.258. The van der Waals surface area contributed by atoms with Crippen molar-refractivity contribution in [2.75, 3.05) is 0 Å². The van der Waals surface area contributed by atoms with E-state index >= 15 is 0 Å². The average Bonchev–Trinajstić information content (AvgIpc) is 2.77. The Bertz CT molecular complexity index is 899. The summed E-state index contributed by atoms with van der Waals surface area (Å²) in [5, 5.41) is 5.22. The molecule has 0 saturated heterocycles. The number of hydrogen-bond donors (Lipinski definition) is 1. The number of hydrazone groups is 1. The van der Waals surface area contributed by atoms with Crippen molar-refractivity contribution in [3.63, 3.8) is 0 Å². The van der Waals surface area contributed by atoms with Gasteiger partial charge in [-0.2, -0.15) is 5.10 Å². The Morgan fingerprint density at radius 2 is 1.77 bits per heavy atom. The third-order valence-electron chi connectivity index (χ3n) is 4.62. The molecule has 0 bridgehead atoms. The van der Waals surface area contributed by atoms with Crippen LogP contribution in [0.4, 0.5) is 0 Å². The van der Waals surface area contributed by atoms with E-state index in [-0.39, 0.29) is 5.91 Å². The number of rotatable bonds is 3. The number of carbonyl (C=O) groups excluding carboxylic acids is 1. The predicted molar refractivity (Wildman–Crippen MR) is 109 cm³/mol. The van der Waals surface area contributed by atoms with Crippen molar-refractivity contribution in [3.05, 3.63) is 74.8 Å². The summed E-state index contributed by atoms with van der Waals surface area (Å²) >= 11 is 12.5. The van der Waals surface area contributed by atoms with Crippen LogP contribution in [0.3, 0.4) is 0 Å². The zero-order valence-electron chi connectivity index (χ0n) is 14.8. The van der Waals surface area contributed by atoms with E-state index in [9.17, 15) is 4.79 Å². The van der Waals surface area contributed by atoms with Gasteiger partial charge in [-0.3, -0.25) is 4.79 Å². The van der Waals surface area contributed by atoms with Crippen LogP contribution < -0.4 is 5.43 Å². The van der Waals surface area contributed by atoms with Gasteiger partial charge in [0.25, 0.3) is 5.91 Å². The minimum atomic E-state index is -0.258. The second-order valence-corrected chi connectivity index (χ2v) is 7.30. The van der Waals surface area contributed by atoms with E-state index in [1.54, 1.807) is 18.3 Å². The average molecular weight is 387 g/mol. The predicted octanol–water partition coefficient (Wildman–Crippen LogP) is 5.39. The molecule has 3 rings (SSSR count). The molecular weight excluding hydrogens is 367 g/mol. The highest BCUT2D eigenvalue weighted by atomic mass is 35.5. The highest BCUT2D eigenvalue weighted by Crippen LogP contribution is 2.34. The van der Waals surface area contributed by atoms with Crippen LogP contribution in [0.2, 0.25) is 5.02 Å². The first kappa shape index (κ1) is 18.7. The van der Waals surface area contributed by atoms with Gasteiger partial charge in [0.15, 0.2) is 0 Å². The van der Waals surface area contributed by atoms with Crippen molar-refractivity contribution in [2.45, 2.75) is 33.1 Å². The first-order valence-electron chi connectivity index (χ1n) is 8.54. The summed E-state index contributed by atoms with van der Waals surface area (Å²) in [6.07, 6.45) is 4.02. The summed E-state index contributed by atoms with van der Waals surface area (Å²) in [7, 11) is 0. The number of aryl methyl sites for hydroxylation is 3. The fraction of sp³-hybridized carbons (Fsp3) is 0.238. The van der Waals surface area contributed by atoms with E-state index in [0.29, 0.717) is 22.0 Å². The maximum absolute atomic E-state index is 12.6. The fourth-order valence-corrected chi connectivity index (χ4v) is 3.49. The molecule has 5 heteroatoms. The molecule has 1 aliphatic carbocycles. The monoisotopic (exact) mass is 386 g/mol. The largest absolute Gasteiger partial charge is 0.268 e. The van der Waals surface area contributed by atoms with Gasteiger partial charge in [0.05, 0.1) is 11.2 Å². The second-order valence-electron chi connectivity index (χ2n) is 6.49. The number of fused-ring (bicyclic) bond motifs is 1. The molecule has 1 amide bonds.